The first-order chi connectivity index (χ1) is 15.1. The number of aromatic nitrogens is 2. The second kappa shape index (κ2) is 7.57. The third-order valence-corrected chi connectivity index (χ3v) is 10.2. The number of ketones is 1. The molecule has 32 heavy (non-hydrogen) atoms. The largest absolute Gasteiger partial charge is 0.417 e. The highest BCUT2D eigenvalue weighted by atomic mass is 19.4. The number of fused-ring (bicyclic) bond motifs is 5. The Hall–Kier alpha value is -1.37. The zero-order chi connectivity index (χ0) is 22.9. The Bertz CT molecular complexity index is 856. The maximum Gasteiger partial charge on any atom is 0.417 e. The van der Waals surface area contributed by atoms with Gasteiger partial charge in [-0.25, -0.2) is 0 Å². The minimum atomic E-state index is -4.54. The topological polar surface area (TPSA) is 55.1 Å². The molecule has 9 atom stereocenters. The monoisotopic (exact) mass is 452 g/mol. The molecule has 1 unspecified atom stereocenters. The summed E-state index contributed by atoms with van der Waals surface area (Å²) in [5, 5.41) is 14.6. The highest BCUT2D eigenvalue weighted by Gasteiger charge is 2.62. The first-order valence-electron chi connectivity index (χ1n) is 12.4. The van der Waals surface area contributed by atoms with Crippen LogP contribution in [0.4, 0.5) is 13.2 Å². The van der Waals surface area contributed by atoms with E-state index in [-0.39, 0.29) is 41.9 Å². The summed E-state index contributed by atoms with van der Waals surface area (Å²) in [4.78, 5) is 13.5. The quantitative estimate of drug-likeness (QED) is 0.652. The molecule has 4 aliphatic rings. The van der Waals surface area contributed by atoms with Crippen molar-refractivity contribution < 1.29 is 23.1 Å². The standard InChI is InChI=1S/C25H35F3N2O2/c1-15(30-13-3-12-29-30)22(31)21-7-6-20-19-5-4-16-14-24(32,25(26,27)28)11-9-17(16)18(19)8-10-23(20,21)2/h3,12-13,15-21,32H,4-11,14H2,1-2H3/t15-,16-,17+,18-,19-,20?,21-,23+,24-/m1/s1. The summed E-state index contributed by atoms with van der Waals surface area (Å²) in [6, 6.07) is 1.58. The SMILES string of the molecule is C[C@H](C(=O)[C@H]1CCC2[C@@H]3CC[C@@H]4C[C@@](O)(C(F)(F)F)CC[C@@H]4[C@H]3CC[C@@]21C)n1cccn1. The van der Waals surface area contributed by atoms with E-state index in [9.17, 15) is 23.1 Å². The zero-order valence-electron chi connectivity index (χ0n) is 19.0. The lowest BCUT2D eigenvalue weighted by atomic mass is 9.48. The van der Waals surface area contributed by atoms with Crippen LogP contribution in [0.2, 0.25) is 0 Å². The van der Waals surface area contributed by atoms with Gasteiger partial charge < -0.3 is 5.11 Å². The molecule has 0 spiro atoms. The maximum atomic E-state index is 13.5. The molecule has 0 radical (unpaired) electrons. The molecule has 7 heteroatoms. The highest BCUT2D eigenvalue weighted by molar-refractivity contribution is 5.85. The van der Waals surface area contributed by atoms with E-state index in [0.717, 1.165) is 38.5 Å². The predicted molar refractivity (Wildman–Crippen MR) is 114 cm³/mol. The molecule has 1 N–H and O–H groups in total. The minimum absolute atomic E-state index is 0.0200. The molecule has 4 fully saturated rings. The van der Waals surface area contributed by atoms with Gasteiger partial charge in [-0.3, -0.25) is 9.48 Å². The van der Waals surface area contributed by atoms with Crippen molar-refractivity contribution in [1.82, 2.24) is 9.78 Å². The summed E-state index contributed by atoms with van der Waals surface area (Å²) in [7, 11) is 0. The van der Waals surface area contributed by atoms with Gasteiger partial charge >= 0.3 is 6.18 Å². The Balaban J connectivity index is 1.32. The lowest BCUT2D eigenvalue weighted by Crippen LogP contribution is -2.55. The molecule has 1 aromatic heterocycles. The summed E-state index contributed by atoms with van der Waals surface area (Å²) in [6.07, 6.45) is 4.86. The van der Waals surface area contributed by atoms with Crippen LogP contribution in [0.25, 0.3) is 0 Å². The first kappa shape index (κ1) is 22.4. The van der Waals surface area contributed by atoms with Crippen LogP contribution in [-0.4, -0.2) is 32.4 Å². The molecule has 1 aromatic rings. The number of hydrogen-bond donors (Lipinski definition) is 1. The number of rotatable bonds is 3. The number of Topliss-reactive ketones (excluding diaryl/α,β-unsaturated/α-hetero) is 1. The number of aliphatic hydroxyl groups is 1. The first-order valence-corrected chi connectivity index (χ1v) is 12.4. The van der Waals surface area contributed by atoms with Crippen molar-refractivity contribution in [3.8, 4) is 0 Å². The van der Waals surface area contributed by atoms with Gasteiger partial charge in [0.25, 0.3) is 0 Å². The molecule has 0 amide bonds. The third kappa shape index (κ3) is 3.28. The fraction of sp³-hybridized carbons (Fsp3) is 0.840. The molecular weight excluding hydrogens is 417 g/mol. The fourth-order valence-electron chi connectivity index (χ4n) is 8.53. The Morgan fingerprint density at radius 1 is 1.09 bits per heavy atom. The van der Waals surface area contributed by atoms with Gasteiger partial charge in [-0.1, -0.05) is 6.92 Å². The fourth-order valence-corrected chi connectivity index (χ4v) is 8.53. The lowest BCUT2D eigenvalue weighted by Gasteiger charge is -2.57. The normalized spacial score (nSPS) is 44.9. The van der Waals surface area contributed by atoms with Crippen LogP contribution in [0.15, 0.2) is 18.5 Å². The van der Waals surface area contributed by atoms with E-state index in [1.807, 2.05) is 19.2 Å². The average molecular weight is 453 g/mol. The Labute approximate surface area is 187 Å². The van der Waals surface area contributed by atoms with Crippen molar-refractivity contribution in [1.29, 1.82) is 0 Å². The zero-order valence-corrected chi connectivity index (χ0v) is 19.0. The second-order valence-electron chi connectivity index (χ2n) is 11.4. The smallest absolute Gasteiger partial charge is 0.380 e. The van der Waals surface area contributed by atoms with E-state index in [2.05, 4.69) is 12.0 Å². The van der Waals surface area contributed by atoms with Gasteiger partial charge in [0.05, 0.1) is 0 Å². The van der Waals surface area contributed by atoms with Gasteiger partial charge in [-0.15, -0.1) is 0 Å². The van der Waals surface area contributed by atoms with Gasteiger partial charge in [0.1, 0.15) is 6.04 Å². The van der Waals surface area contributed by atoms with Gasteiger partial charge in [-0.05, 0) is 106 Å². The van der Waals surface area contributed by atoms with Crippen molar-refractivity contribution in [2.75, 3.05) is 0 Å². The molecule has 1 heterocycles. The van der Waals surface area contributed by atoms with Gasteiger partial charge in [0.2, 0.25) is 0 Å². The second-order valence-corrected chi connectivity index (χ2v) is 11.4. The van der Waals surface area contributed by atoms with Gasteiger partial charge in [0.15, 0.2) is 11.4 Å². The highest BCUT2D eigenvalue weighted by Crippen LogP contribution is 2.65. The van der Waals surface area contributed by atoms with Crippen molar-refractivity contribution in [2.24, 2.45) is 40.9 Å². The van der Waals surface area contributed by atoms with E-state index < -0.39 is 11.8 Å². The van der Waals surface area contributed by atoms with Crippen LogP contribution in [0.5, 0.6) is 0 Å². The van der Waals surface area contributed by atoms with E-state index in [1.165, 1.54) is 0 Å². The summed E-state index contributed by atoms with van der Waals surface area (Å²) >= 11 is 0. The number of hydrogen-bond acceptors (Lipinski definition) is 3. The van der Waals surface area contributed by atoms with E-state index in [0.29, 0.717) is 30.1 Å². The number of carbonyl (C=O) groups excluding carboxylic acids is 1. The van der Waals surface area contributed by atoms with Crippen molar-refractivity contribution >= 4 is 5.78 Å². The summed E-state index contributed by atoms with van der Waals surface area (Å²) < 4.78 is 42.1. The third-order valence-electron chi connectivity index (χ3n) is 10.2. The van der Waals surface area contributed by atoms with Gasteiger partial charge in [-0.2, -0.15) is 18.3 Å². The van der Waals surface area contributed by atoms with Crippen LogP contribution in [-0.2, 0) is 4.79 Å². The van der Waals surface area contributed by atoms with Crippen molar-refractivity contribution in [3.63, 3.8) is 0 Å². The molecule has 4 aliphatic carbocycles. The van der Waals surface area contributed by atoms with E-state index in [4.69, 9.17) is 0 Å². The molecule has 4 saturated carbocycles. The average Bonchev–Trinajstić information content (AvgIpc) is 3.39. The Morgan fingerprint density at radius 3 is 2.53 bits per heavy atom. The molecule has 5 rings (SSSR count). The van der Waals surface area contributed by atoms with E-state index >= 15 is 0 Å². The van der Waals surface area contributed by atoms with Gasteiger partial charge in [0, 0.05) is 18.3 Å². The molecule has 178 valence electrons. The van der Waals surface area contributed by atoms with Crippen LogP contribution >= 0.6 is 0 Å². The molecular formula is C25H35F3N2O2. The molecule has 0 saturated heterocycles. The molecule has 4 nitrogen and oxygen atoms in total. The van der Waals surface area contributed by atoms with Crippen molar-refractivity contribution in [3.05, 3.63) is 18.5 Å². The van der Waals surface area contributed by atoms with E-state index in [1.54, 1.807) is 10.9 Å². The minimum Gasteiger partial charge on any atom is -0.380 e. The number of halogens is 3. The number of carbonyl (C=O) groups is 1. The predicted octanol–water partition coefficient (Wildman–Crippen LogP) is 5.58. The van der Waals surface area contributed by atoms with Crippen LogP contribution in [0, 0.1) is 40.9 Å². The maximum absolute atomic E-state index is 13.5. The Morgan fingerprint density at radius 2 is 1.84 bits per heavy atom. The molecule has 0 bridgehead atoms. The van der Waals surface area contributed by atoms with Crippen molar-refractivity contribution in [2.45, 2.75) is 89.5 Å². The molecule has 0 aliphatic heterocycles. The number of nitrogens with zero attached hydrogens (tertiary/aromatic N) is 2. The van der Waals surface area contributed by atoms with Crippen LogP contribution < -0.4 is 0 Å². The summed E-state index contributed by atoms with van der Waals surface area (Å²) in [5.74, 6) is 2.00. The summed E-state index contributed by atoms with van der Waals surface area (Å²) in [5.41, 5.74) is -2.52. The lowest BCUT2D eigenvalue weighted by molar-refractivity contribution is -0.282. The number of alkyl halides is 3. The Kier molecular flexibility index (Phi) is 5.31. The molecule has 0 aromatic carbocycles. The van der Waals surface area contributed by atoms with Crippen LogP contribution in [0.3, 0.4) is 0 Å². The van der Waals surface area contributed by atoms with Crippen LogP contribution in [0.1, 0.15) is 77.7 Å². The summed E-state index contributed by atoms with van der Waals surface area (Å²) in [6.45, 7) is 4.24.